The zero-order valence-electron chi connectivity index (χ0n) is 10.6. The second kappa shape index (κ2) is 5.90. The number of nitro benzene ring substituents is 1. The predicted molar refractivity (Wildman–Crippen MR) is 71.6 cm³/mol. The molecule has 1 heterocycles. The largest absolute Gasteiger partial charge is 0.394 e. The van der Waals surface area contributed by atoms with Gasteiger partial charge in [-0.05, 0) is 12.8 Å². The molecular formula is C12H14ClFN2O4. The molecule has 6 nitrogen and oxygen atoms in total. The second-order valence-corrected chi connectivity index (χ2v) is 5.12. The number of aliphatic hydroxyl groups is 1. The molecular weight excluding hydrogens is 291 g/mol. The summed E-state index contributed by atoms with van der Waals surface area (Å²) in [5, 5.41) is 23.1. The predicted octanol–water partition coefficient (Wildman–Crippen LogP) is 2.34. The monoisotopic (exact) mass is 304 g/mol. The molecule has 0 saturated carbocycles. The molecule has 0 spiro atoms. The van der Waals surface area contributed by atoms with Gasteiger partial charge in [0, 0.05) is 25.3 Å². The molecule has 1 aromatic rings. The highest BCUT2D eigenvalue weighted by atomic mass is 35.5. The van der Waals surface area contributed by atoms with Crippen molar-refractivity contribution in [1.82, 2.24) is 0 Å². The number of nitro groups is 1. The molecule has 1 saturated heterocycles. The maximum absolute atomic E-state index is 13.5. The first-order valence-corrected chi connectivity index (χ1v) is 6.45. The third-order valence-electron chi connectivity index (χ3n) is 3.39. The lowest BCUT2D eigenvalue weighted by atomic mass is 9.90. The van der Waals surface area contributed by atoms with Gasteiger partial charge in [0.05, 0.1) is 22.1 Å². The van der Waals surface area contributed by atoms with Gasteiger partial charge >= 0.3 is 0 Å². The molecule has 2 rings (SSSR count). The minimum atomic E-state index is -0.750. The van der Waals surface area contributed by atoms with Crippen LogP contribution in [0.25, 0.3) is 0 Å². The lowest BCUT2D eigenvalue weighted by Crippen LogP contribution is -2.47. The SMILES string of the molecule is O=[N+]([O-])c1cc(Cl)c(F)cc1NC1(CO)CCOCC1. The van der Waals surface area contributed by atoms with Gasteiger partial charge in [-0.3, -0.25) is 10.1 Å². The number of nitrogens with one attached hydrogen (secondary N) is 1. The molecule has 1 aliphatic heterocycles. The van der Waals surface area contributed by atoms with E-state index in [9.17, 15) is 19.6 Å². The molecule has 1 fully saturated rings. The highest BCUT2D eigenvalue weighted by Gasteiger charge is 2.34. The van der Waals surface area contributed by atoms with Gasteiger partial charge < -0.3 is 15.2 Å². The van der Waals surface area contributed by atoms with Crippen molar-refractivity contribution < 1.29 is 19.2 Å². The summed E-state index contributed by atoms with van der Waals surface area (Å²) in [5.41, 5.74) is -1.06. The summed E-state index contributed by atoms with van der Waals surface area (Å²) < 4.78 is 18.7. The normalized spacial score (nSPS) is 17.8. The molecule has 0 unspecified atom stereocenters. The Labute approximate surface area is 119 Å². The van der Waals surface area contributed by atoms with Gasteiger partial charge in [-0.2, -0.15) is 0 Å². The quantitative estimate of drug-likeness (QED) is 0.659. The molecule has 1 aromatic carbocycles. The number of rotatable bonds is 4. The van der Waals surface area contributed by atoms with Crippen LogP contribution in [0, 0.1) is 15.9 Å². The first-order chi connectivity index (χ1) is 9.47. The molecule has 0 amide bonds. The van der Waals surface area contributed by atoms with E-state index in [-0.39, 0.29) is 23.0 Å². The number of hydrogen-bond acceptors (Lipinski definition) is 5. The van der Waals surface area contributed by atoms with Crippen LogP contribution in [-0.4, -0.2) is 35.4 Å². The van der Waals surface area contributed by atoms with Crippen LogP contribution in [0.3, 0.4) is 0 Å². The number of hydrogen-bond donors (Lipinski definition) is 2. The second-order valence-electron chi connectivity index (χ2n) is 4.72. The average molecular weight is 305 g/mol. The third-order valence-corrected chi connectivity index (χ3v) is 3.68. The van der Waals surface area contributed by atoms with E-state index in [1.54, 1.807) is 0 Å². The first kappa shape index (κ1) is 15.0. The van der Waals surface area contributed by atoms with Gasteiger partial charge in [0.15, 0.2) is 0 Å². The Balaban J connectivity index is 2.36. The zero-order valence-corrected chi connectivity index (χ0v) is 11.3. The van der Waals surface area contributed by atoms with E-state index in [4.69, 9.17) is 16.3 Å². The fourth-order valence-electron chi connectivity index (χ4n) is 2.16. The van der Waals surface area contributed by atoms with Crippen LogP contribution in [0.4, 0.5) is 15.8 Å². The molecule has 0 atom stereocenters. The summed E-state index contributed by atoms with van der Waals surface area (Å²) in [4.78, 5) is 10.4. The van der Waals surface area contributed by atoms with Gasteiger partial charge in [-0.1, -0.05) is 11.6 Å². The van der Waals surface area contributed by atoms with Crippen LogP contribution >= 0.6 is 11.6 Å². The number of halogens is 2. The topological polar surface area (TPSA) is 84.6 Å². The maximum Gasteiger partial charge on any atom is 0.294 e. The fourth-order valence-corrected chi connectivity index (χ4v) is 2.32. The van der Waals surface area contributed by atoms with E-state index in [1.807, 2.05) is 0 Å². The molecule has 0 aliphatic carbocycles. The van der Waals surface area contributed by atoms with Crippen molar-refractivity contribution in [2.45, 2.75) is 18.4 Å². The summed E-state index contributed by atoms with van der Waals surface area (Å²) in [6.07, 6.45) is 0.954. The molecule has 2 N–H and O–H groups in total. The minimum Gasteiger partial charge on any atom is -0.394 e. The van der Waals surface area contributed by atoms with Gasteiger partial charge in [-0.15, -0.1) is 0 Å². The summed E-state index contributed by atoms with van der Waals surface area (Å²) in [7, 11) is 0. The summed E-state index contributed by atoms with van der Waals surface area (Å²) in [6, 6.07) is 1.94. The van der Waals surface area contributed by atoms with Gasteiger partial charge in [0.2, 0.25) is 0 Å². The number of benzene rings is 1. The summed E-state index contributed by atoms with van der Waals surface area (Å²) >= 11 is 5.56. The van der Waals surface area contributed by atoms with E-state index in [0.29, 0.717) is 26.1 Å². The van der Waals surface area contributed by atoms with E-state index in [1.165, 1.54) is 0 Å². The molecule has 0 aromatic heterocycles. The van der Waals surface area contributed by atoms with Crippen molar-refractivity contribution in [3.63, 3.8) is 0 Å². The number of aliphatic hydroxyl groups excluding tert-OH is 1. The summed E-state index contributed by atoms with van der Waals surface area (Å²) in [5.74, 6) is -0.750. The Morgan fingerprint density at radius 3 is 2.70 bits per heavy atom. The Hall–Kier alpha value is -1.44. The van der Waals surface area contributed by atoms with Gasteiger partial charge in [0.1, 0.15) is 11.5 Å². The molecule has 0 bridgehead atoms. The third kappa shape index (κ3) is 3.00. The van der Waals surface area contributed by atoms with Crippen molar-refractivity contribution in [2.24, 2.45) is 0 Å². The van der Waals surface area contributed by atoms with Crippen molar-refractivity contribution in [1.29, 1.82) is 0 Å². The van der Waals surface area contributed by atoms with Crippen molar-refractivity contribution in [3.05, 3.63) is 33.1 Å². The average Bonchev–Trinajstić information content (AvgIpc) is 2.43. The van der Waals surface area contributed by atoms with Crippen LogP contribution in [0.5, 0.6) is 0 Å². The van der Waals surface area contributed by atoms with E-state index in [2.05, 4.69) is 5.32 Å². The molecule has 110 valence electrons. The molecule has 8 heteroatoms. The first-order valence-electron chi connectivity index (χ1n) is 6.08. The molecule has 1 aliphatic rings. The van der Waals surface area contributed by atoms with Gasteiger partial charge in [0.25, 0.3) is 5.69 Å². The highest BCUT2D eigenvalue weighted by Crippen LogP contribution is 2.34. The zero-order chi connectivity index (χ0) is 14.8. The van der Waals surface area contributed by atoms with E-state index in [0.717, 1.165) is 12.1 Å². The Morgan fingerprint density at radius 2 is 2.15 bits per heavy atom. The van der Waals surface area contributed by atoms with Crippen molar-refractivity contribution >= 4 is 23.0 Å². The van der Waals surface area contributed by atoms with Crippen molar-refractivity contribution in [3.8, 4) is 0 Å². The maximum atomic E-state index is 13.5. The number of anilines is 1. The molecule has 20 heavy (non-hydrogen) atoms. The Kier molecular flexibility index (Phi) is 4.42. The van der Waals surface area contributed by atoms with Crippen LogP contribution in [0.2, 0.25) is 5.02 Å². The van der Waals surface area contributed by atoms with E-state index >= 15 is 0 Å². The van der Waals surface area contributed by atoms with Crippen molar-refractivity contribution in [2.75, 3.05) is 25.1 Å². The Bertz CT molecular complexity index is 520. The number of nitrogens with zero attached hydrogens (tertiary/aromatic N) is 1. The van der Waals surface area contributed by atoms with Crippen LogP contribution in [0.1, 0.15) is 12.8 Å². The smallest absolute Gasteiger partial charge is 0.294 e. The van der Waals surface area contributed by atoms with Crippen LogP contribution < -0.4 is 5.32 Å². The summed E-state index contributed by atoms with van der Waals surface area (Å²) in [6.45, 7) is 0.632. The lowest BCUT2D eigenvalue weighted by Gasteiger charge is -2.37. The lowest BCUT2D eigenvalue weighted by molar-refractivity contribution is -0.384. The Morgan fingerprint density at radius 1 is 1.50 bits per heavy atom. The van der Waals surface area contributed by atoms with Crippen LogP contribution in [-0.2, 0) is 4.74 Å². The van der Waals surface area contributed by atoms with Crippen LogP contribution in [0.15, 0.2) is 12.1 Å². The fraction of sp³-hybridized carbons (Fsp3) is 0.500. The highest BCUT2D eigenvalue weighted by molar-refractivity contribution is 6.31. The van der Waals surface area contributed by atoms with Gasteiger partial charge in [-0.25, -0.2) is 4.39 Å². The standard InChI is InChI=1S/C12H14ClFN2O4/c13-8-5-11(16(18)19)10(6-9(8)14)15-12(7-17)1-3-20-4-2-12/h5-6,15,17H,1-4,7H2. The van der Waals surface area contributed by atoms with E-state index < -0.39 is 16.3 Å². The minimum absolute atomic E-state index is 0.00727. The molecule has 0 radical (unpaired) electrons. The number of ether oxygens (including phenoxy) is 1.